The minimum Gasteiger partial charge on any atom is -0.458 e. The Balaban J connectivity index is 1.98. The molecule has 0 unspecified atom stereocenters. The molecular formula is C21H33N5O6. The molecule has 2 heterocycles. The average Bonchev–Trinajstić information content (AvgIpc) is 3.14. The van der Waals surface area contributed by atoms with E-state index in [0.29, 0.717) is 13.1 Å². The molecule has 1 aromatic heterocycles. The number of amides is 3. The van der Waals surface area contributed by atoms with Crippen LogP contribution in [0.2, 0.25) is 0 Å². The van der Waals surface area contributed by atoms with Crippen LogP contribution >= 0.6 is 0 Å². The van der Waals surface area contributed by atoms with Gasteiger partial charge in [-0.3, -0.25) is 9.59 Å². The Kier molecular flexibility index (Phi) is 7.53. The maximum Gasteiger partial charge on any atom is 0.410 e. The fourth-order valence-corrected chi connectivity index (χ4v) is 2.92. The number of carbonyl (C=O) groups is 4. The minimum atomic E-state index is -0.918. The number of ether oxygens (including phenoxy) is 2. The predicted molar refractivity (Wildman–Crippen MR) is 115 cm³/mol. The summed E-state index contributed by atoms with van der Waals surface area (Å²) in [6.07, 6.45) is 0.819. The number of nitrogens with zero attached hydrogens (tertiary/aromatic N) is 3. The molecule has 1 saturated heterocycles. The van der Waals surface area contributed by atoms with E-state index in [2.05, 4.69) is 15.3 Å². The van der Waals surface area contributed by atoms with E-state index in [4.69, 9.17) is 9.47 Å². The normalized spacial score (nSPS) is 15.7. The predicted octanol–water partition coefficient (Wildman–Crippen LogP) is 1.56. The number of nitrogens with one attached hydrogen (secondary N) is 2. The summed E-state index contributed by atoms with van der Waals surface area (Å²) in [6, 6.07) is -0.918. The SMILES string of the molecule is C[C@H](NC(=O)c1nc[nH]c1C(=O)N1CCN(C(=O)OC(C)(C)C)CC1)C(=O)OC(C)(C)C. The van der Waals surface area contributed by atoms with Crippen molar-refractivity contribution in [2.75, 3.05) is 26.2 Å². The van der Waals surface area contributed by atoms with Crippen molar-refractivity contribution in [3.05, 3.63) is 17.7 Å². The summed E-state index contributed by atoms with van der Waals surface area (Å²) in [5, 5.41) is 2.51. The third kappa shape index (κ3) is 6.96. The largest absolute Gasteiger partial charge is 0.458 e. The quantitative estimate of drug-likeness (QED) is 0.664. The van der Waals surface area contributed by atoms with Gasteiger partial charge in [0.2, 0.25) is 0 Å². The van der Waals surface area contributed by atoms with E-state index >= 15 is 0 Å². The lowest BCUT2D eigenvalue weighted by Gasteiger charge is -2.35. The average molecular weight is 452 g/mol. The Morgan fingerprint density at radius 1 is 0.969 bits per heavy atom. The molecule has 11 heteroatoms. The van der Waals surface area contributed by atoms with E-state index in [0.717, 1.165) is 0 Å². The maximum absolute atomic E-state index is 12.9. The lowest BCUT2D eigenvalue weighted by atomic mass is 10.2. The standard InChI is InChI=1S/C21H33N5O6/c1-13(18(29)31-20(2,3)4)24-16(27)14-15(23-12-22-14)17(28)25-8-10-26(11-9-25)19(30)32-21(5,6)7/h12-13H,8-11H2,1-7H3,(H,22,23)(H,24,27)/t13-/m0/s1. The van der Waals surface area contributed by atoms with E-state index in [1.807, 2.05) is 0 Å². The molecule has 0 saturated carbocycles. The number of hydrogen-bond donors (Lipinski definition) is 2. The highest BCUT2D eigenvalue weighted by Gasteiger charge is 2.31. The number of carbonyl (C=O) groups excluding carboxylic acids is 4. The first-order valence-corrected chi connectivity index (χ1v) is 10.5. The molecule has 0 bridgehead atoms. The van der Waals surface area contributed by atoms with Gasteiger partial charge in [0, 0.05) is 26.2 Å². The molecule has 2 N–H and O–H groups in total. The van der Waals surface area contributed by atoms with Crippen LogP contribution in [0.3, 0.4) is 0 Å². The Labute approximate surface area is 187 Å². The fourth-order valence-electron chi connectivity index (χ4n) is 2.92. The van der Waals surface area contributed by atoms with Crippen molar-refractivity contribution in [2.24, 2.45) is 0 Å². The summed E-state index contributed by atoms with van der Waals surface area (Å²) in [5.41, 5.74) is -1.38. The van der Waals surface area contributed by atoms with E-state index in [1.54, 1.807) is 41.5 Å². The van der Waals surface area contributed by atoms with Crippen LogP contribution in [0.4, 0.5) is 4.79 Å². The van der Waals surface area contributed by atoms with Crippen molar-refractivity contribution in [3.63, 3.8) is 0 Å². The van der Waals surface area contributed by atoms with Gasteiger partial charge in [0.25, 0.3) is 11.8 Å². The highest BCUT2D eigenvalue weighted by atomic mass is 16.6. The van der Waals surface area contributed by atoms with Gasteiger partial charge in [-0.15, -0.1) is 0 Å². The Hall–Kier alpha value is -3.11. The van der Waals surface area contributed by atoms with Crippen molar-refractivity contribution in [1.82, 2.24) is 25.1 Å². The van der Waals surface area contributed by atoms with E-state index in [1.165, 1.54) is 23.1 Å². The van der Waals surface area contributed by atoms with Crippen LogP contribution < -0.4 is 5.32 Å². The minimum absolute atomic E-state index is 0.0182. The van der Waals surface area contributed by atoms with Gasteiger partial charge in [-0.25, -0.2) is 14.6 Å². The molecule has 1 fully saturated rings. The molecule has 1 aliphatic rings. The van der Waals surface area contributed by atoms with Crippen LogP contribution in [-0.2, 0) is 14.3 Å². The third-order valence-electron chi connectivity index (χ3n) is 4.39. The third-order valence-corrected chi connectivity index (χ3v) is 4.39. The van der Waals surface area contributed by atoms with Gasteiger partial charge in [-0.2, -0.15) is 0 Å². The monoisotopic (exact) mass is 451 g/mol. The van der Waals surface area contributed by atoms with Gasteiger partial charge < -0.3 is 29.6 Å². The van der Waals surface area contributed by atoms with Crippen molar-refractivity contribution >= 4 is 23.9 Å². The molecule has 1 aliphatic heterocycles. The molecule has 0 aromatic carbocycles. The molecule has 1 atom stereocenters. The second kappa shape index (κ2) is 9.58. The highest BCUT2D eigenvalue weighted by molar-refractivity contribution is 6.05. The maximum atomic E-state index is 12.9. The topological polar surface area (TPSA) is 134 Å². The molecule has 32 heavy (non-hydrogen) atoms. The van der Waals surface area contributed by atoms with Crippen molar-refractivity contribution < 1.29 is 28.7 Å². The molecule has 0 radical (unpaired) electrons. The number of piperazine rings is 1. The number of H-pyrrole nitrogens is 1. The number of imidazole rings is 1. The molecule has 0 aliphatic carbocycles. The zero-order valence-corrected chi connectivity index (χ0v) is 19.8. The zero-order valence-electron chi connectivity index (χ0n) is 19.8. The summed E-state index contributed by atoms with van der Waals surface area (Å²) in [5.74, 6) is -1.67. The first kappa shape index (κ1) is 25.2. The summed E-state index contributed by atoms with van der Waals surface area (Å²) >= 11 is 0. The fraction of sp³-hybridized carbons (Fsp3) is 0.667. The van der Waals surface area contributed by atoms with Crippen LogP contribution in [0.1, 0.15) is 69.4 Å². The van der Waals surface area contributed by atoms with Crippen molar-refractivity contribution in [3.8, 4) is 0 Å². The van der Waals surface area contributed by atoms with Crippen molar-refractivity contribution in [1.29, 1.82) is 0 Å². The van der Waals surface area contributed by atoms with Gasteiger partial charge in [0.1, 0.15) is 22.9 Å². The molecule has 0 spiro atoms. The highest BCUT2D eigenvalue weighted by Crippen LogP contribution is 2.15. The van der Waals surface area contributed by atoms with Crippen LogP contribution in [0, 0.1) is 0 Å². The van der Waals surface area contributed by atoms with Gasteiger partial charge in [-0.05, 0) is 48.5 Å². The Bertz CT molecular complexity index is 859. The van der Waals surface area contributed by atoms with Gasteiger partial charge in [-0.1, -0.05) is 0 Å². The lowest BCUT2D eigenvalue weighted by molar-refractivity contribution is -0.156. The number of aromatic nitrogens is 2. The number of aromatic amines is 1. The Morgan fingerprint density at radius 3 is 2.03 bits per heavy atom. The first-order chi connectivity index (χ1) is 14.7. The van der Waals surface area contributed by atoms with Crippen LogP contribution in [-0.4, -0.2) is 87.1 Å². The second-order valence-electron chi connectivity index (χ2n) is 9.61. The van der Waals surface area contributed by atoms with Crippen LogP contribution in [0.15, 0.2) is 6.33 Å². The van der Waals surface area contributed by atoms with Crippen LogP contribution in [0.25, 0.3) is 0 Å². The van der Waals surface area contributed by atoms with E-state index < -0.39 is 41.1 Å². The second-order valence-corrected chi connectivity index (χ2v) is 9.61. The smallest absolute Gasteiger partial charge is 0.410 e. The number of hydrogen-bond acceptors (Lipinski definition) is 7. The summed E-state index contributed by atoms with van der Waals surface area (Å²) < 4.78 is 10.6. The first-order valence-electron chi connectivity index (χ1n) is 10.5. The van der Waals surface area contributed by atoms with Crippen molar-refractivity contribution in [2.45, 2.75) is 65.7 Å². The molecular weight excluding hydrogens is 418 g/mol. The lowest BCUT2D eigenvalue weighted by Crippen LogP contribution is -2.52. The zero-order chi connectivity index (χ0) is 24.3. The molecule has 1 aromatic rings. The Morgan fingerprint density at radius 2 is 1.50 bits per heavy atom. The summed E-state index contributed by atoms with van der Waals surface area (Å²) in [7, 11) is 0. The summed E-state index contributed by atoms with van der Waals surface area (Å²) in [4.78, 5) is 59.6. The number of rotatable bonds is 4. The molecule has 3 amide bonds. The van der Waals surface area contributed by atoms with Crippen LogP contribution in [0.5, 0.6) is 0 Å². The molecule has 178 valence electrons. The molecule has 11 nitrogen and oxygen atoms in total. The van der Waals surface area contributed by atoms with Gasteiger partial charge >= 0.3 is 12.1 Å². The van der Waals surface area contributed by atoms with Gasteiger partial charge in [0.05, 0.1) is 6.33 Å². The number of esters is 1. The molecule has 2 rings (SSSR count). The van der Waals surface area contributed by atoms with E-state index in [9.17, 15) is 19.2 Å². The van der Waals surface area contributed by atoms with Gasteiger partial charge in [0.15, 0.2) is 5.69 Å². The summed E-state index contributed by atoms with van der Waals surface area (Å²) in [6.45, 7) is 13.2. The van der Waals surface area contributed by atoms with E-state index in [-0.39, 0.29) is 24.5 Å².